The van der Waals surface area contributed by atoms with E-state index in [0.717, 1.165) is 49.9 Å². The summed E-state index contributed by atoms with van der Waals surface area (Å²) in [5.74, 6) is 0.736. The van der Waals surface area contributed by atoms with Crippen LogP contribution in [-0.2, 0) is 11.2 Å². The monoisotopic (exact) mass is 311 g/mol. The quantitative estimate of drug-likeness (QED) is 0.895. The van der Waals surface area contributed by atoms with Gasteiger partial charge >= 0.3 is 0 Å². The zero-order chi connectivity index (χ0) is 15.8. The molecule has 0 saturated carbocycles. The lowest BCUT2D eigenvalue weighted by atomic mass is 9.92. The summed E-state index contributed by atoms with van der Waals surface area (Å²) in [7, 11) is 0. The first-order valence-electron chi connectivity index (χ1n) is 8.33. The SMILES string of the molecule is O=C(C1CCc2cccc(O)c21)N1CCC(c2ccn[nH]2)CC1. The molecule has 2 N–H and O–H groups in total. The highest BCUT2D eigenvalue weighted by molar-refractivity contribution is 5.86. The standard InChI is InChI=1S/C18H21N3O2/c22-16-3-1-2-13-4-5-14(17(13)16)18(23)21-10-7-12(8-11-21)15-6-9-19-20-15/h1-3,6,9,12,14,22H,4-5,7-8,10-11H2,(H,19,20). The predicted octanol–water partition coefficient (Wildman–Crippen LogP) is 2.55. The van der Waals surface area contributed by atoms with Crippen LogP contribution in [0.2, 0.25) is 0 Å². The maximum Gasteiger partial charge on any atom is 0.230 e. The maximum atomic E-state index is 12.9. The molecule has 1 unspecified atom stereocenters. The van der Waals surface area contributed by atoms with Gasteiger partial charge in [-0.15, -0.1) is 0 Å². The fraction of sp³-hybridized carbons (Fsp3) is 0.444. The van der Waals surface area contributed by atoms with Crippen LogP contribution >= 0.6 is 0 Å². The number of H-pyrrole nitrogens is 1. The van der Waals surface area contributed by atoms with Crippen LogP contribution in [0.4, 0.5) is 0 Å². The van der Waals surface area contributed by atoms with Crippen LogP contribution in [0.3, 0.4) is 0 Å². The Morgan fingerprint density at radius 1 is 1.22 bits per heavy atom. The normalized spacial score (nSPS) is 21.4. The largest absolute Gasteiger partial charge is 0.508 e. The molecule has 120 valence electrons. The molecule has 1 aliphatic heterocycles. The number of nitrogens with zero attached hydrogens (tertiary/aromatic N) is 2. The molecule has 1 aromatic heterocycles. The van der Waals surface area contributed by atoms with Crippen molar-refractivity contribution in [1.29, 1.82) is 0 Å². The molecule has 23 heavy (non-hydrogen) atoms. The number of amides is 1. The van der Waals surface area contributed by atoms with Crippen molar-refractivity contribution in [2.75, 3.05) is 13.1 Å². The number of rotatable bonds is 2. The maximum absolute atomic E-state index is 12.9. The van der Waals surface area contributed by atoms with Crippen molar-refractivity contribution in [2.45, 2.75) is 37.5 Å². The number of benzene rings is 1. The van der Waals surface area contributed by atoms with Gasteiger partial charge in [0, 0.05) is 36.5 Å². The van der Waals surface area contributed by atoms with Gasteiger partial charge in [0.2, 0.25) is 5.91 Å². The van der Waals surface area contributed by atoms with Crippen molar-refractivity contribution in [2.24, 2.45) is 0 Å². The van der Waals surface area contributed by atoms with E-state index in [4.69, 9.17) is 0 Å². The first-order valence-corrected chi connectivity index (χ1v) is 8.33. The van der Waals surface area contributed by atoms with E-state index < -0.39 is 0 Å². The Kier molecular flexibility index (Phi) is 3.56. The van der Waals surface area contributed by atoms with Gasteiger partial charge in [0.15, 0.2) is 0 Å². The van der Waals surface area contributed by atoms with Crippen LogP contribution in [0.25, 0.3) is 0 Å². The third-order valence-corrected chi connectivity index (χ3v) is 5.29. The second-order valence-electron chi connectivity index (χ2n) is 6.55. The van der Waals surface area contributed by atoms with Crippen LogP contribution in [-0.4, -0.2) is 39.2 Å². The minimum Gasteiger partial charge on any atom is -0.508 e. The third-order valence-electron chi connectivity index (χ3n) is 5.29. The first-order chi connectivity index (χ1) is 11.2. The van der Waals surface area contributed by atoms with Crippen molar-refractivity contribution in [3.63, 3.8) is 0 Å². The van der Waals surface area contributed by atoms with Crippen LogP contribution in [0.1, 0.15) is 47.9 Å². The number of piperidine rings is 1. The second-order valence-corrected chi connectivity index (χ2v) is 6.55. The van der Waals surface area contributed by atoms with Crippen LogP contribution in [0, 0.1) is 0 Å². The Bertz CT molecular complexity index is 703. The van der Waals surface area contributed by atoms with Gasteiger partial charge < -0.3 is 10.0 Å². The smallest absolute Gasteiger partial charge is 0.230 e. The third kappa shape index (κ3) is 2.50. The molecule has 1 atom stereocenters. The van der Waals surface area contributed by atoms with Crippen molar-refractivity contribution < 1.29 is 9.90 Å². The molecule has 4 rings (SSSR count). The lowest BCUT2D eigenvalue weighted by Gasteiger charge is -2.33. The minimum absolute atomic E-state index is 0.171. The number of likely N-dealkylation sites (tertiary alicyclic amines) is 1. The second kappa shape index (κ2) is 5.72. The number of carbonyl (C=O) groups excluding carboxylic acids is 1. The average Bonchev–Trinajstić information content (AvgIpc) is 3.25. The Labute approximate surface area is 135 Å². The number of phenolic OH excluding ortho intramolecular Hbond substituents is 1. The Hall–Kier alpha value is -2.30. The van der Waals surface area contributed by atoms with Crippen molar-refractivity contribution >= 4 is 5.91 Å². The summed E-state index contributed by atoms with van der Waals surface area (Å²) >= 11 is 0. The summed E-state index contributed by atoms with van der Waals surface area (Å²) in [5.41, 5.74) is 3.14. The number of fused-ring (bicyclic) bond motifs is 1. The van der Waals surface area contributed by atoms with Gasteiger partial charge in [-0.25, -0.2) is 0 Å². The van der Waals surface area contributed by atoms with E-state index in [1.807, 2.05) is 23.1 Å². The molecule has 1 aliphatic carbocycles. The van der Waals surface area contributed by atoms with E-state index in [1.165, 1.54) is 5.69 Å². The van der Waals surface area contributed by atoms with Gasteiger partial charge in [-0.2, -0.15) is 5.10 Å². The van der Waals surface area contributed by atoms with E-state index in [1.54, 1.807) is 12.3 Å². The highest BCUT2D eigenvalue weighted by Gasteiger charge is 2.35. The highest BCUT2D eigenvalue weighted by atomic mass is 16.3. The molecule has 2 aliphatic rings. The summed E-state index contributed by atoms with van der Waals surface area (Å²) in [6.07, 6.45) is 5.41. The lowest BCUT2D eigenvalue weighted by molar-refractivity contribution is -0.133. The van der Waals surface area contributed by atoms with Crippen LogP contribution < -0.4 is 0 Å². The first kappa shape index (κ1) is 14.3. The van der Waals surface area contributed by atoms with Gasteiger partial charge in [0.25, 0.3) is 0 Å². The number of aromatic nitrogens is 2. The predicted molar refractivity (Wildman–Crippen MR) is 86.3 cm³/mol. The van der Waals surface area contributed by atoms with Crippen molar-refractivity contribution in [3.8, 4) is 5.75 Å². The number of aromatic hydroxyl groups is 1. The fourth-order valence-corrected chi connectivity index (χ4v) is 4.04. The fourth-order valence-electron chi connectivity index (χ4n) is 4.04. The van der Waals surface area contributed by atoms with Crippen LogP contribution in [0.15, 0.2) is 30.5 Å². The molecule has 1 saturated heterocycles. The number of phenols is 1. The molecule has 0 radical (unpaired) electrons. The Morgan fingerprint density at radius 3 is 2.78 bits per heavy atom. The number of carbonyl (C=O) groups is 1. The molecular formula is C18H21N3O2. The molecule has 1 aromatic carbocycles. The molecule has 1 fully saturated rings. The Balaban J connectivity index is 1.46. The zero-order valence-corrected chi connectivity index (χ0v) is 13.0. The average molecular weight is 311 g/mol. The van der Waals surface area contributed by atoms with E-state index in [2.05, 4.69) is 10.2 Å². The zero-order valence-electron chi connectivity index (χ0n) is 13.0. The van der Waals surface area contributed by atoms with Crippen molar-refractivity contribution in [1.82, 2.24) is 15.1 Å². The van der Waals surface area contributed by atoms with Gasteiger partial charge in [-0.1, -0.05) is 12.1 Å². The molecular weight excluding hydrogens is 290 g/mol. The number of aromatic amines is 1. The summed E-state index contributed by atoms with van der Waals surface area (Å²) in [4.78, 5) is 14.9. The number of aryl methyl sites for hydroxylation is 1. The van der Waals surface area contributed by atoms with E-state index in [9.17, 15) is 9.90 Å². The summed E-state index contributed by atoms with van der Waals surface area (Å²) in [5, 5.41) is 17.2. The molecule has 5 heteroatoms. The van der Waals surface area contributed by atoms with Gasteiger partial charge in [0.1, 0.15) is 5.75 Å². The number of hydrogen-bond donors (Lipinski definition) is 2. The van der Waals surface area contributed by atoms with Crippen molar-refractivity contribution in [3.05, 3.63) is 47.3 Å². The summed E-state index contributed by atoms with van der Waals surface area (Å²) in [6, 6.07) is 7.59. The summed E-state index contributed by atoms with van der Waals surface area (Å²) < 4.78 is 0. The number of hydrogen-bond acceptors (Lipinski definition) is 3. The van der Waals surface area contributed by atoms with E-state index in [0.29, 0.717) is 5.92 Å². The molecule has 2 heterocycles. The van der Waals surface area contributed by atoms with Gasteiger partial charge in [-0.3, -0.25) is 9.89 Å². The van der Waals surface area contributed by atoms with Gasteiger partial charge in [0.05, 0.1) is 5.92 Å². The molecule has 0 spiro atoms. The van der Waals surface area contributed by atoms with E-state index in [-0.39, 0.29) is 17.6 Å². The summed E-state index contributed by atoms with van der Waals surface area (Å²) in [6.45, 7) is 1.56. The molecule has 1 amide bonds. The minimum atomic E-state index is -0.171. The van der Waals surface area contributed by atoms with Crippen LogP contribution in [0.5, 0.6) is 5.75 Å². The molecule has 5 nitrogen and oxygen atoms in total. The lowest BCUT2D eigenvalue weighted by Crippen LogP contribution is -2.40. The van der Waals surface area contributed by atoms with Gasteiger partial charge in [-0.05, 0) is 43.4 Å². The molecule has 2 aromatic rings. The highest BCUT2D eigenvalue weighted by Crippen LogP contribution is 2.40. The van der Waals surface area contributed by atoms with E-state index >= 15 is 0 Å². The molecule has 0 bridgehead atoms. The topological polar surface area (TPSA) is 69.2 Å². The Morgan fingerprint density at radius 2 is 2.04 bits per heavy atom. The number of nitrogens with one attached hydrogen (secondary N) is 1.